The second kappa shape index (κ2) is 9.82. The number of aromatic nitrogens is 3. The fraction of sp³-hybridized carbons (Fsp3) is 0.318. The smallest absolute Gasteiger partial charge is 0.237 e. The van der Waals surface area contributed by atoms with Crippen LogP contribution in [-0.4, -0.2) is 26.0 Å². The Morgan fingerprint density at radius 1 is 1.19 bits per heavy atom. The Morgan fingerprint density at radius 2 is 1.90 bits per heavy atom. The van der Waals surface area contributed by atoms with Crippen molar-refractivity contribution in [3.8, 4) is 5.75 Å². The normalized spacial score (nSPS) is 12.1. The lowest BCUT2D eigenvalue weighted by atomic mass is 10.0. The Bertz CT molecular complexity index is 1050. The van der Waals surface area contributed by atoms with Crippen LogP contribution in [0.25, 0.3) is 0 Å². The molecule has 0 aliphatic carbocycles. The number of carbonyl (C=O) groups is 1. The molecule has 0 saturated heterocycles. The van der Waals surface area contributed by atoms with Gasteiger partial charge in [0.05, 0.1) is 5.25 Å². The summed E-state index contributed by atoms with van der Waals surface area (Å²) >= 11 is 1.18. The van der Waals surface area contributed by atoms with Crippen LogP contribution >= 0.6 is 11.8 Å². The van der Waals surface area contributed by atoms with Gasteiger partial charge < -0.3 is 15.9 Å². The zero-order chi connectivity index (χ0) is 22.5. The van der Waals surface area contributed by atoms with E-state index in [9.17, 15) is 9.18 Å². The molecule has 1 unspecified atom stereocenters. The summed E-state index contributed by atoms with van der Waals surface area (Å²) in [5, 5.41) is 10.8. The lowest BCUT2D eigenvalue weighted by Crippen LogP contribution is -2.24. The standard InChI is InChI=1S/C22H26FN5O2S/c1-13(2)18-10-5-14(3)11-19(18)30-12-20-26-27-22(28(20)24)31-15(4)21(29)25-17-8-6-16(23)7-9-17/h5-11,13,15H,12,24H2,1-4H3,(H,25,29). The second-order valence-electron chi connectivity index (χ2n) is 7.51. The number of hydrogen-bond acceptors (Lipinski definition) is 6. The molecule has 1 atom stereocenters. The number of thioether (sulfide) groups is 1. The van der Waals surface area contributed by atoms with Crippen molar-refractivity contribution in [2.24, 2.45) is 0 Å². The number of anilines is 1. The maximum absolute atomic E-state index is 13.0. The fourth-order valence-corrected chi connectivity index (χ4v) is 3.65. The Labute approximate surface area is 185 Å². The van der Waals surface area contributed by atoms with Gasteiger partial charge in [-0.05, 0) is 61.2 Å². The van der Waals surface area contributed by atoms with E-state index in [0.717, 1.165) is 16.9 Å². The van der Waals surface area contributed by atoms with Gasteiger partial charge in [-0.2, -0.15) is 0 Å². The summed E-state index contributed by atoms with van der Waals surface area (Å²) in [6.07, 6.45) is 0. The van der Waals surface area contributed by atoms with Gasteiger partial charge >= 0.3 is 0 Å². The number of nitrogens with one attached hydrogen (secondary N) is 1. The summed E-state index contributed by atoms with van der Waals surface area (Å²) < 4.78 is 20.3. The van der Waals surface area contributed by atoms with Crippen LogP contribution in [0.15, 0.2) is 47.6 Å². The first kappa shape index (κ1) is 22.6. The molecule has 0 saturated carbocycles. The Morgan fingerprint density at radius 3 is 2.58 bits per heavy atom. The third-order valence-electron chi connectivity index (χ3n) is 4.65. The zero-order valence-corrected chi connectivity index (χ0v) is 18.7. The molecule has 1 amide bonds. The van der Waals surface area contributed by atoms with Crippen molar-refractivity contribution < 1.29 is 13.9 Å². The molecule has 3 aromatic rings. The van der Waals surface area contributed by atoms with Gasteiger partial charge in [0.15, 0.2) is 5.82 Å². The first-order valence-corrected chi connectivity index (χ1v) is 10.8. The number of nitrogen functional groups attached to an aromatic ring is 1. The summed E-state index contributed by atoms with van der Waals surface area (Å²) in [6.45, 7) is 8.11. The molecule has 1 aromatic heterocycles. The van der Waals surface area contributed by atoms with E-state index in [0.29, 0.717) is 22.6 Å². The molecule has 9 heteroatoms. The minimum Gasteiger partial charge on any atom is -0.485 e. The summed E-state index contributed by atoms with van der Waals surface area (Å²) in [5.74, 6) is 7.07. The maximum atomic E-state index is 13.0. The largest absolute Gasteiger partial charge is 0.485 e. The van der Waals surface area contributed by atoms with Crippen molar-refractivity contribution in [2.75, 3.05) is 11.2 Å². The Balaban J connectivity index is 1.63. The first-order chi connectivity index (χ1) is 14.7. The van der Waals surface area contributed by atoms with E-state index in [4.69, 9.17) is 10.6 Å². The highest BCUT2D eigenvalue weighted by molar-refractivity contribution is 8.00. The number of aryl methyl sites for hydroxylation is 1. The van der Waals surface area contributed by atoms with Crippen LogP contribution in [0, 0.1) is 12.7 Å². The summed E-state index contributed by atoms with van der Waals surface area (Å²) in [6, 6.07) is 11.7. The number of nitrogens with zero attached hydrogens (tertiary/aromatic N) is 3. The van der Waals surface area contributed by atoms with E-state index in [1.807, 2.05) is 13.0 Å². The quantitative estimate of drug-likeness (QED) is 0.399. The summed E-state index contributed by atoms with van der Waals surface area (Å²) in [5.41, 5.74) is 2.72. The lowest BCUT2D eigenvalue weighted by molar-refractivity contribution is -0.115. The van der Waals surface area contributed by atoms with E-state index >= 15 is 0 Å². The summed E-state index contributed by atoms with van der Waals surface area (Å²) in [7, 11) is 0. The van der Waals surface area contributed by atoms with Gasteiger partial charge in [0.2, 0.25) is 11.1 Å². The number of ether oxygens (including phenoxy) is 1. The van der Waals surface area contributed by atoms with E-state index in [2.05, 4.69) is 41.5 Å². The molecule has 1 heterocycles. The second-order valence-corrected chi connectivity index (χ2v) is 8.82. The third-order valence-corrected chi connectivity index (χ3v) is 5.70. The van der Waals surface area contributed by atoms with Crippen molar-refractivity contribution in [2.45, 2.75) is 50.6 Å². The van der Waals surface area contributed by atoms with Crippen molar-refractivity contribution in [1.29, 1.82) is 0 Å². The van der Waals surface area contributed by atoms with E-state index < -0.39 is 5.25 Å². The number of rotatable bonds is 8. The topological polar surface area (TPSA) is 95.1 Å². The Hall–Kier alpha value is -3.07. The zero-order valence-electron chi connectivity index (χ0n) is 17.9. The average Bonchev–Trinajstić information content (AvgIpc) is 3.07. The van der Waals surface area contributed by atoms with Crippen LogP contribution in [-0.2, 0) is 11.4 Å². The predicted octanol–water partition coefficient (Wildman–Crippen LogP) is 4.26. The van der Waals surface area contributed by atoms with Crippen LogP contribution in [0.2, 0.25) is 0 Å². The van der Waals surface area contributed by atoms with Crippen LogP contribution in [0.4, 0.5) is 10.1 Å². The maximum Gasteiger partial charge on any atom is 0.237 e. The molecular weight excluding hydrogens is 417 g/mol. The molecule has 164 valence electrons. The van der Waals surface area contributed by atoms with Gasteiger partial charge in [0, 0.05) is 5.69 Å². The average molecular weight is 444 g/mol. The van der Waals surface area contributed by atoms with Gasteiger partial charge in [0.1, 0.15) is 18.2 Å². The minimum absolute atomic E-state index is 0.156. The fourth-order valence-electron chi connectivity index (χ4n) is 2.86. The molecule has 0 bridgehead atoms. The van der Waals surface area contributed by atoms with Crippen molar-refractivity contribution >= 4 is 23.4 Å². The lowest BCUT2D eigenvalue weighted by Gasteiger charge is -2.15. The van der Waals surface area contributed by atoms with Crippen LogP contribution in [0.3, 0.4) is 0 Å². The molecule has 0 fully saturated rings. The van der Waals surface area contributed by atoms with Crippen LogP contribution in [0.5, 0.6) is 5.75 Å². The number of amides is 1. The molecule has 0 aliphatic rings. The van der Waals surface area contributed by atoms with E-state index in [1.54, 1.807) is 6.92 Å². The number of hydrogen-bond donors (Lipinski definition) is 2. The predicted molar refractivity (Wildman–Crippen MR) is 120 cm³/mol. The SMILES string of the molecule is Cc1ccc(C(C)C)c(OCc2nnc(SC(C)C(=O)Nc3ccc(F)cc3)n2N)c1. The van der Waals surface area contributed by atoms with E-state index in [-0.39, 0.29) is 18.3 Å². The highest BCUT2D eigenvalue weighted by Gasteiger charge is 2.20. The van der Waals surface area contributed by atoms with Gasteiger partial charge in [-0.25, -0.2) is 9.07 Å². The van der Waals surface area contributed by atoms with Crippen molar-refractivity contribution in [3.63, 3.8) is 0 Å². The minimum atomic E-state index is -0.491. The molecule has 3 rings (SSSR count). The molecular formula is C22H26FN5O2S. The summed E-state index contributed by atoms with van der Waals surface area (Å²) in [4.78, 5) is 12.4. The van der Waals surface area contributed by atoms with Crippen molar-refractivity contribution in [3.05, 3.63) is 65.2 Å². The first-order valence-electron chi connectivity index (χ1n) is 9.90. The molecule has 7 nitrogen and oxygen atoms in total. The van der Waals surface area contributed by atoms with Crippen LogP contribution < -0.4 is 15.9 Å². The number of benzene rings is 2. The van der Waals surface area contributed by atoms with Crippen molar-refractivity contribution in [1.82, 2.24) is 14.9 Å². The third kappa shape index (κ3) is 5.75. The highest BCUT2D eigenvalue weighted by atomic mass is 32.2. The highest BCUT2D eigenvalue weighted by Crippen LogP contribution is 2.28. The van der Waals surface area contributed by atoms with Crippen LogP contribution in [0.1, 0.15) is 43.6 Å². The molecule has 0 aliphatic heterocycles. The molecule has 0 radical (unpaired) electrons. The Kier molecular flexibility index (Phi) is 7.17. The van der Waals surface area contributed by atoms with E-state index in [1.165, 1.54) is 40.7 Å². The number of carbonyl (C=O) groups excluding carboxylic acids is 1. The molecule has 31 heavy (non-hydrogen) atoms. The number of halogens is 1. The molecule has 0 spiro atoms. The van der Waals surface area contributed by atoms with Gasteiger partial charge in [-0.1, -0.05) is 37.7 Å². The van der Waals surface area contributed by atoms with Gasteiger partial charge in [-0.15, -0.1) is 10.2 Å². The monoisotopic (exact) mass is 443 g/mol. The number of nitrogens with two attached hydrogens (primary N) is 1. The molecule has 2 aromatic carbocycles. The van der Waals surface area contributed by atoms with Gasteiger partial charge in [-0.3, -0.25) is 4.79 Å². The van der Waals surface area contributed by atoms with Gasteiger partial charge in [0.25, 0.3) is 0 Å². The molecule has 3 N–H and O–H groups in total.